The van der Waals surface area contributed by atoms with Crippen molar-refractivity contribution < 1.29 is 14.3 Å². The van der Waals surface area contributed by atoms with E-state index in [0.29, 0.717) is 18.9 Å². The summed E-state index contributed by atoms with van der Waals surface area (Å²) in [6, 6.07) is 19.2. The zero-order valence-electron chi connectivity index (χ0n) is 15.1. The maximum Gasteiger partial charge on any atom is 0.262 e. The van der Waals surface area contributed by atoms with Crippen molar-refractivity contribution in [2.24, 2.45) is 0 Å². The third-order valence-electron chi connectivity index (χ3n) is 4.30. The van der Waals surface area contributed by atoms with Gasteiger partial charge in [-0.3, -0.25) is 4.79 Å². The maximum absolute atomic E-state index is 12.2. The zero-order chi connectivity index (χ0) is 18.9. The molecule has 138 valence electrons. The Morgan fingerprint density at radius 2 is 2.11 bits per heavy atom. The van der Waals surface area contributed by atoms with Gasteiger partial charge in [0.1, 0.15) is 24.0 Å². The second-order valence-corrected chi connectivity index (χ2v) is 6.36. The van der Waals surface area contributed by atoms with Gasteiger partial charge in [0.05, 0.1) is 6.10 Å². The number of carbonyl (C=O) groups excluding carboxylic acids is 1. The Hall–Kier alpha value is -3.10. The SMILES string of the molecule is N#C/C(=C/c1cccc(OCc2ccccc2)c1)C(=O)NCC1CCCO1. The van der Waals surface area contributed by atoms with Crippen LogP contribution in [0.25, 0.3) is 6.08 Å². The highest BCUT2D eigenvalue weighted by Crippen LogP contribution is 2.18. The van der Waals surface area contributed by atoms with Crippen LogP contribution < -0.4 is 10.1 Å². The van der Waals surface area contributed by atoms with Crippen LogP contribution in [0.2, 0.25) is 0 Å². The summed E-state index contributed by atoms with van der Waals surface area (Å²) in [5, 5.41) is 12.1. The second kappa shape index (κ2) is 9.56. The molecule has 5 nitrogen and oxygen atoms in total. The molecule has 0 aliphatic carbocycles. The number of carbonyl (C=O) groups is 1. The van der Waals surface area contributed by atoms with Crippen LogP contribution in [0.1, 0.15) is 24.0 Å². The van der Waals surface area contributed by atoms with E-state index in [-0.39, 0.29) is 17.6 Å². The smallest absolute Gasteiger partial charge is 0.262 e. The van der Waals surface area contributed by atoms with Crippen molar-refractivity contribution in [1.29, 1.82) is 5.26 Å². The molecular weight excluding hydrogens is 340 g/mol. The van der Waals surface area contributed by atoms with E-state index in [1.165, 1.54) is 0 Å². The number of nitrogens with zero attached hydrogens (tertiary/aromatic N) is 1. The first-order valence-corrected chi connectivity index (χ1v) is 9.03. The Labute approximate surface area is 159 Å². The van der Waals surface area contributed by atoms with E-state index in [0.717, 1.165) is 30.6 Å². The molecule has 27 heavy (non-hydrogen) atoms. The molecule has 0 spiro atoms. The molecule has 1 saturated heterocycles. The van der Waals surface area contributed by atoms with Gasteiger partial charge < -0.3 is 14.8 Å². The normalized spacial score (nSPS) is 16.6. The predicted octanol–water partition coefficient (Wildman–Crippen LogP) is 3.47. The van der Waals surface area contributed by atoms with Gasteiger partial charge in [-0.2, -0.15) is 5.26 Å². The monoisotopic (exact) mass is 362 g/mol. The van der Waals surface area contributed by atoms with Gasteiger partial charge in [0.25, 0.3) is 5.91 Å². The Morgan fingerprint density at radius 1 is 1.26 bits per heavy atom. The first kappa shape index (κ1) is 18.7. The van der Waals surface area contributed by atoms with Crippen LogP contribution in [0.4, 0.5) is 0 Å². The molecule has 1 aliphatic rings. The van der Waals surface area contributed by atoms with Crippen LogP contribution in [0.5, 0.6) is 5.75 Å². The molecule has 1 heterocycles. The molecule has 1 aliphatic heterocycles. The van der Waals surface area contributed by atoms with Gasteiger partial charge in [-0.05, 0) is 42.2 Å². The van der Waals surface area contributed by atoms with Gasteiger partial charge in [-0.1, -0.05) is 42.5 Å². The summed E-state index contributed by atoms with van der Waals surface area (Å²) < 4.78 is 11.3. The minimum absolute atomic E-state index is 0.0450. The molecule has 0 bridgehead atoms. The lowest BCUT2D eigenvalue weighted by Gasteiger charge is -2.10. The first-order valence-electron chi connectivity index (χ1n) is 9.03. The molecular formula is C22H22N2O3. The third kappa shape index (κ3) is 5.70. The Bertz CT molecular complexity index is 834. The number of amides is 1. The number of nitriles is 1. The molecule has 1 amide bonds. The number of ether oxygens (including phenoxy) is 2. The van der Waals surface area contributed by atoms with Crippen molar-refractivity contribution >= 4 is 12.0 Å². The average molecular weight is 362 g/mol. The molecule has 5 heteroatoms. The fourth-order valence-electron chi connectivity index (χ4n) is 2.86. The Kier molecular flexibility index (Phi) is 6.61. The fourth-order valence-corrected chi connectivity index (χ4v) is 2.86. The first-order chi connectivity index (χ1) is 13.2. The fraction of sp³-hybridized carbons (Fsp3) is 0.273. The highest BCUT2D eigenvalue weighted by Gasteiger charge is 2.17. The average Bonchev–Trinajstić information content (AvgIpc) is 3.23. The maximum atomic E-state index is 12.2. The Balaban J connectivity index is 1.61. The molecule has 1 fully saturated rings. The van der Waals surface area contributed by atoms with Gasteiger partial charge in [0.15, 0.2) is 0 Å². The largest absolute Gasteiger partial charge is 0.489 e. The molecule has 1 N–H and O–H groups in total. The van der Waals surface area contributed by atoms with E-state index in [9.17, 15) is 10.1 Å². The standard InChI is InChI=1S/C22H22N2O3/c23-14-19(22(25)24-15-21-10-5-11-26-21)12-18-8-4-9-20(13-18)27-16-17-6-2-1-3-7-17/h1-4,6-9,12-13,21H,5,10-11,15-16H2,(H,24,25)/b19-12-. The van der Waals surface area contributed by atoms with Crippen molar-refractivity contribution in [2.75, 3.05) is 13.2 Å². The van der Waals surface area contributed by atoms with Crippen molar-refractivity contribution in [3.63, 3.8) is 0 Å². The highest BCUT2D eigenvalue weighted by atomic mass is 16.5. The Morgan fingerprint density at radius 3 is 2.85 bits per heavy atom. The van der Waals surface area contributed by atoms with Crippen LogP contribution >= 0.6 is 0 Å². The molecule has 2 aromatic rings. The molecule has 2 aromatic carbocycles. The van der Waals surface area contributed by atoms with E-state index in [1.54, 1.807) is 6.08 Å². The summed E-state index contributed by atoms with van der Waals surface area (Å²) >= 11 is 0. The van der Waals surface area contributed by atoms with Gasteiger partial charge in [0.2, 0.25) is 0 Å². The third-order valence-corrected chi connectivity index (χ3v) is 4.30. The van der Waals surface area contributed by atoms with Gasteiger partial charge in [0, 0.05) is 13.2 Å². The van der Waals surface area contributed by atoms with Crippen molar-refractivity contribution in [3.05, 3.63) is 71.3 Å². The summed E-state index contributed by atoms with van der Waals surface area (Å²) in [4.78, 5) is 12.2. The predicted molar refractivity (Wildman–Crippen MR) is 103 cm³/mol. The van der Waals surface area contributed by atoms with Crippen LogP contribution in [0.15, 0.2) is 60.2 Å². The van der Waals surface area contributed by atoms with Crippen molar-refractivity contribution in [3.8, 4) is 11.8 Å². The van der Waals surface area contributed by atoms with E-state index in [4.69, 9.17) is 9.47 Å². The van der Waals surface area contributed by atoms with Crippen molar-refractivity contribution in [2.45, 2.75) is 25.6 Å². The number of benzene rings is 2. The minimum atomic E-state index is -0.386. The molecule has 0 saturated carbocycles. The van der Waals surface area contributed by atoms with Gasteiger partial charge in [-0.15, -0.1) is 0 Å². The molecule has 1 unspecified atom stereocenters. The topological polar surface area (TPSA) is 71.3 Å². The summed E-state index contributed by atoms with van der Waals surface area (Å²) in [5.74, 6) is 0.299. The molecule has 1 atom stereocenters. The lowest BCUT2D eigenvalue weighted by Crippen LogP contribution is -2.32. The lowest BCUT2D eigenvalue weighted by molar-refractivity contribution is -0.117. The second-order valence-electron chi connectivity index (χ2n) is 6.36. The van der Waals surface area contributed by atoms with E-state index in [1.807, 2.05) is 60.7 Å². The summed E-state index contributed by atoms with van der Waals surface area (Å²) in [6.07, 6.45) is 3.56. The van der Waals surface area contributed by atoms with Crippen LogP contribution in [0, 0.1) is 11.3 Å². The summed E-state index contributed by atoms with van der Waals surface area (Å²) in [6.45, 7) is 1.62. The zero-order valence-corrected chi connectivity index (χ0v) is 15.1. The summed E-state index contributed by atoms with van der Waals surface area (Å²) in [5.41, 5.74) is 1.88. The number of hydrogen-bond donors (Lipinski definition) is 1. The van der Waals surface area contributed by atoms with Crippen molar-refractivity contribution in [1.82, 2.24) is 5.32 Å². The van der Waals surface area contributed by atoms with Gasteiger partial charge in [-0.25, -0.2) is 0 Å². The number of nitrogens with one attached hydrogen (secondary N) is 1. The molecule has 0 radical (unpaired) electrons. The molecule has 3 rings (SSSR count). The highest BCUT2D eigenvalue weighted by molar-refractivity contribution is 6.01. The van der Waals surface area contributed by atoms with Crippen LogP contribution in [-0.2, 0) is 16.1 Å². The summed E-state index contributed by atoms with van der Waals surface area (Å²) in [7, 11) is 0. The van der Waals surface area contributed by atoms with E-state index in [2.05, 4.69) is 5.32 Å². The number of hydrogen-bond acceptors (Lipinski definition) is 4. The number of rotatable bonds is 7. The lowest BCUT2D eigenvalue weighted by atomic mass is 10.1. The molecule has 0 aromatic heterocycles. The van der Waals surface area contributed by atoms with Crippen LogP contribution in [0.3, 0.4) is 0 Å². The van der Waals surface area contributed by atoms with E-state index < -0.39 is 0 Å². The van der Waals surface area contributed by atoms with E-state index >= 15 is 0 Å². The van der Waals surface area contributed by atoms with Crippen LogP contribution in [-0.4, -0.2) is 25.2 Å². The van der Waals surface area contributed by atoms with Gasteiger partial charge >= 0.3 is 0 Å². The minimum Gasteiger partial charge on any atom is -0.489 e. The quantitative estimate of drug-likeness (QED) is 0.605.